The minimum atomic E-state index is -0.529. The number of azo groups is 1. The van der Waals surface area contributed by atoms with Crippen LogP contribution >= 0.6 is 11.3 Å². The Kier molecular flexibility index (Phi) is 4.90. The smallest absolute Gasteiger partial charge is 0.307 e. The molecule has 146 valence electrons. The van der Waals surface area contributed by atoms with E-state index in [-0.39, 0.29) is 11.6 Å². The highest BCUT2D eigenvalue weighted by Gasteiger charge is 2.18. The number of hydrogen-bond acceptors (Lipinski definition) is 5. The van der Waals surface area contributed by atoms with Crippen LogP contribution in [0.3, 0.4) is 0 Å². The third-order valence-corrected chi connectivity index (χ3v) is 5.92. The first-order valence-corrected chi connectivity index (χ1v) is 10.0. The average Bonchev–Trinajstić information content (AvgIpc) is 3.23. The molecule has 0 aliphatic carbocycles. The molecule has 2 aromatic carbocycles. The maximum absolute atomic E-state index is 12.7. The van der Waals surface area contributed by atoms with E-state index in [0.717, 1.165) is 26.9 Å². The van der Waals surface area contributed by atoms with Crippen LogP contribution in [0.1, 0.15) is 22.2 Å². The first kappa shape index (κ1) is 18.9. The van der Waals surface area contributed by atoms with Crippen molar-refractivity contribution in [3.05, 3.63) is 65.0 Å². The number of hydrogen-bond donors (Lipinski definition) is 2. The molecule has 0 saturated heterocycles. The van der Waals surface area contributed by atoms with Crippen LogP contribution in [0.25, 0.3) is 21.3 Å². The zero-order valence-corrected chi connectivity index (χ0v) is 16.9. The third kappa shape index (κ3) is 3.40. The van der Waals surface area contributed by atoms with Gasteiger partial charge in [-0.1, -0.05) is 42.0 Å². The molecule has 0 fully saturated rings. The number of amides is 1. The van der Waals surface area contributed by atoms with E-state index in [2.05, 4.69) is 10.2 Å². The molecule has 0 saturated carbocycles. The molecule has 6 nitrogen and oxygen atoms in total. The molecule has 0 radical (unpaired) electrons. The van der Waals surface area contributed by atoms with Crippen molar-refractivity contribution in [1.29, 1.82) is 0 Å². The van der Waals surface area contributed by atoms with Gasteiger partial charge in [0.25, 0.3) is 0 Å². The third-order valence-electron chi connectivity index (χ3n) is 4.74. The van der Waals surface area contributed by atoms with Gasteiger partial charge in [-0.3, -0.25) is 4.79 Å². The molecule has 0 aliphatic rings. The molecule has 0 aliphatic heterocycles. The predicted octanol–water partition coefficient (Wildman–Crippen LogP) is 5.91. The highest BCUT2D eigenvalue weighted by atomic mass is 32.1. The minimum absolute atomic E-state index is 0.00576. The number of aromatic nitrogens is 1. The maximum atomic E-state index is 12.7. The van der Waals surface area contributed by atoms with E-state index >= 15 is 0 Å². The summed E-state index contributed by atoms with van der Waals surface area (Å²) in [6.45, 7) is 4.47. The van der Waals surface area contributed by atoms with Gasteiger partial charge in [0.2, 0.25) is 5.88 Å². The summed E-state index contributed by atoms with van der Waals surface area (Å²) in [5, 5.41) is 19.3. The second-order valence-electron chi connectivity index (χ2n) is 6.70. The van der Waals surface area contributed by atoms with Crippen LogP contribution in [-0.2, 0) is 6.54 Å². The lowest BCUT2D eigenvalue weighted by Crippen LogP contribution is -1.95. The number of fused-ring (bicyclic) bond motifs is 1. The number of anilines is 1. The summed E-state index contributed by atoms with van der Waals surface area (Å²) in [5.41, 5.74) is 9.57. The Bertz CT molecular complexity index is 1240. The maximum Gasteiger partial charge on any atom is 0.307 e. The summed E-state index contributed by atoms with van der Waals surface area (Å²) in [5.74, 6) is -0.534. The second kappa shape index (κ2) is 7.52. The molecule has 2 aromatic heterocycles. The molecule has 2 heterocycles. The molecule has 4 rings (SSSR count). The Morgan fingerprint density at radius 3 is 2.66 bits per heavy atom. The Balaban J connectivity index is 1.70. The van der Waals surface area contributed by atoms with E-state index < -0.39 is 5.91 Å². The molecular formula is C22H20N4O2S. The average molecular weight is 404 g/mol. The number of rotatable bonds is 4. The number of nitrogens with two attached hydrogens (primary N) is 1. The summed E-state index contributed by atoms with van der Waals surface area (Å²) in [4.78, 5) is 13.9. The van der Waals surface area contributed by atoms with Gasteiger partial charge in [0.05, 0.1) is 11.2 Å². The standard InChI is InChI=1S/C22H20N4O2S/c1-3-26-17-10-9-13(2)11-15(17)19(22(26)28)24-25-21(27)20-16(23)12-18(29-20)14-7-5-4-6-8-14/h4-12,28H,3,23H2,1-2H3. The summed E-state index contributed by atoms with van der Waals surface area (Å²) in [6, 6.07) is 17.3. The molecule has 3 N–H and O–H groups in total. The van der Waals surface area contributed by atoms with E-state index in [1.807, 2.05) is 62.4 Å². The lowest BCUT2D eigenvalue weighted by Gasteiger charge is -2.01. The van der Waals surface area contributed by atoms with Crippen molar-refractivity contribution in [2.75, 3.05) is 5.73 Å². The van der Waals surface area contributed by atoms with E-state index in [1.54, 1.807) is 10.6 Å². The normalized spacial score (nSPS) is 11.5. The zero-order valence-electron chi connectivity index (χ0n) is 16.1. The van der Waals surface area contributed by atoms with Gasteiger partial charge in [-0.25, -0.2) is 0 Å². The fraction of sp³-hybridized carbons (Fsp3) is 0.136. The first-order valence-electron chi connectivity index (χ1n) is 9.22. The number of benzene rings is 2. The fourth-order valence-corrected chi connectivity index (χ4v) is 4.28. The van der Waals surface area contributed by atoms with Crippen molar-refractivity contribution in [2.45, 2.75) is 20.4 Å². The highest BCUT2D eigenvalue weighted by Crippen LogP contribution is 2.40. The van der Waals surface area contributed by atoms with E-state index in [0.29, 0.717) is 17.1 Å². The van der Waals surface area contributed by atoms with Crippen molar-refractivity contribution >= 4 is 39.5 Å². The molecule has 7 heteroatoms. The van der Waals surface area contributed by atoms with Gasteiger partial charge < -0.3 is 15.4 Å². The van der Waals surface area contributed by atoms with Gasteiger partial charge >= 0.3 is 5.91 Å². The number of carbonyl (C=O) groups excluding carboxylic acids is 1. The number of aromatic hydroxyl groups is 1. The number of thiophene rings is 1. The van der Waals surface area contributed by atoms with Crippen LogP contribution in [0, 0.1) is 6.92 Å². The van der Waals surface area contributed by atoms with E-state index in [9.17, 15) is 9.90 Å². The minimum Gasteiger partial charge on any atom is -0.493 e. The van der Waals surface area contributed by atoms with Crippen molar-refractivity contribution < 1.29 is 9.90 Å². The van der Waals surface area contributed by atoms with Crippen LogP contribution in [0.2, 0.25) is 0 Å². The Morgan fingerprint density at radius 2 is 1.93 bits per heavy atom. The van der Waals surface area contributed by atoms with Crippen molar-refractivity contribution in [1.82, 2.24) is 4.57 Å². The molecule has 0 spiro atoms. The predicted molar refractivity (Wildman–Crippen MR) is 117 cm³/mol. The molecule has 0 bridgehead atoms. The first-order chi connectivity index (χ1) is 14.0. The van der Waals surface area contributed by atoms with Crippen molar-refractivity contribution in [3.63, 3.8) is 0 Å². The molecule has 0 atom stereocenters. The lowest BCUT2D eigenvalue weighted by molar-refractivity contribution is 0.0999. The van der Waals surface area contributed by atoms with Gasteiger partial charge in [0, 0.05) is 16.8 Å². The number of carbonyl (C=O) groups is 1. The van der Waals surface area contributed by atoms with Crippen LogP contribution in [-0.4, -0.2) is 15.6 Å². The summed E-state index contributed by atoms with van der Waals surface area (Å²) in [7, 11) is 0. The Labute approximate surface area is 171 Å². The summed E-state index contributed by atoms with van der Waals surface area (Å²) < 4.78 is 1.74. The van der Waals surface area contributed by atoms with Crippen molar-refractivity contribution in [2.24, 2.45) is 10.2 Å². The van der Waals surface area contributed by atoms with Crippen LogP contribution in [0.15, 0.2) is 64.8 Å². The SMILES string of the molecule is CCn1c(O)c(N=NC(=O)c2sc(-c3ccccc3)cc2N)c2cc(C)ccc21. The number of aryl methyl sites for hydroxylation is 2. The van der Waals surface area contributed by atoms with Gasteiger partial charge in [-0.05, 0) is 37.6 Å². The number of nitrogens with zero attached hydrogens (tertiary/aromatic N) is 3. The van der Waals surface area contributed by atoms with Gasteiger partial charge in [-0.15, -0.1) is 21.6 Å². The molecule has 0 unspecified atom stereocenters. The van der Waals surface area contributed by atoms with Crippen molar-refractivity contribution in [3.8, 4) is 16.3 Å². The monoisotopic (exact) mass is 404 g/mol. The van der Waals surface area contributed by atoms with Gasteiger partial charge in [0.15, 0.2) is 5.69 Å². The van der Waals surface area contributed by atoms with Crippen LogP contribution < -0.4 is 5.73 Å². The Hall–Kier alpha value is -3.45. The second-order valence-corrected chi connectivity index (χ2v) is 7.76. The van der Waals surface area contributed by atoms with Gasteiger partial charge in [-0.2, -0.15) is 0 Å². The molecular weight excluding hydrogens is 384 g/mol. The summed E-state index contributed by atoms with van der Waals surface area (Å²) >= 11 is 1.28. The molecule has 4 aromatic rings. The highest BCUT2D eigenvalue weighted by molar-refractivity contribution is 7.18. The molecule has 29 heavy (non-hydrogen) atoms. The largest absolute Gasteiger partial charge is 0.493 e. The topological polar surface area (TPSA) is 93.0 Å². The summed E-state index contributed by atoms with van der Waals surface area (Å²) in [6.07, 6.45) is 0. The van der Waals surface area contributed by atoms with E-state index in [1.165, 1.54) is 11.3 Å². The quantitative estimate of drug-likeness (QED) is 0.414. The van der Waals surface area contributed by atoms with E-state index in [4.69, 9.17) is 5.73 Å². The lowest BCUT2D eigenvalue weighted by atomic mass is 10.1. The van der Waals surface area contributed by atoms with Gasteiger partial charge in [0.1, 0.15) is 4.88 Å². The number of nitrogen functional groups attached to an aromatic ring is 1. The fourth-order valence-electron chi connectivity index (χ4n) is 3.31. The zero-order chi connectivity index (χ0) is 20.5. The van der Waals surface area contributed by atoms with Crippen LogP contribution in [0.4, 0.5) is 11.4 Å². The van der Waals surface area contributed by atoms with Crippen LogP contribution in [0.5, 0.6) is 5.88 Å². The molecule has 1 amide bonds. The Morgan fingerprint density at radius 1 is 1.17 bits per heavy atom.